The van der Waals surface area contributed by atoms with Crippen LogP contribution in [-0.4, -0.2) is 43.2 Å². The van der Waals surface area contributed by atoms with Crippen LogP contribution in [-0.2, 0) is 16.8 Å². The van der Waals surface area contributed by atoms with E-state index < -0.39 is 10.2 Å². The van der Waals surface area contributed by atoms with Crippen molar-refractivity contribution < 1.29 is 8.42 Å². The molecule has 0 radical (unpaired) electrons. The maximum atomic E-state index is 12.3. The molecule has 0 amide bonds. The Balaban J connectivity index is 2.06. The smallest absolute Gasteiger partial charge is 0.282 e. The third-order valence-electron chi connectivity index (χ3n) is 3.23. The van der Waals surface area contributed by atoms with Crippen LogP contribution in [0.3, 0.4) is 0 Å². The van der Waals surface area contributed by atoms with Crippen LogP contribution < -0.4 is 5.73 Å². The molecule has 0 spiro atoms. The maximum absolute atomic E-state index is 12.3. The predicted octanol–water partition coefficient (Wildman–Crippen LogP) is 1.05. The van der Waals surface area contributed by atoms with Gasteiger partial charge < -0.3 is 5.73 Å². The molecule has 0 saturated carbocycles. The summed E-state index contributed by atoms with van der Waals surface area (Å²) in [7, 11) is -1.85. The molecule has 0 aromatic heterocycles. The standard InChI is InChI=1S/C12H18ClN3O2S/c1-15(8-10-2-4-11(13)5-3-10)19(17,18)16-7-6-12(14)9-16/h2-5,12H,6-9,14H2,1H3/t12-/m1/s1. The van der Waals surface area contributed by atoms with Crippen molar-refractivity contribution in [3.05, 3.63) is 34.9 Å². The lowest BCUT2D eigenvalue weighted by atomic mass is 10.2. The van der Waals surface area contributed by atoms with Crippen molar-refractivity contribution in [1.82, 2.24) is 8.61 Å². The van der Waals surface area contributed by atoms with Crippen molar-refractivity contribution in [2.45, 2.75) is 19.0 Å². The summed E-state index contributed by atoms with van der Waals surface area (Å²) in [5.41, 5.74) is 6.65. The molecule has 1 aliphatic rings. The van der Waals surface area contributed by atoms with E-state index in [2.05, 4.69) is 0 Å². The molecule has 0 bridgehead atoms. The molecule has 0 aliphatic carbocycles. The largest absolute Gasteiger partial charge is 0.326 e. The Morgan fingerprint density at radius 1 is 1.42 bits per heavy atom. The molecule has 1 heterocycles. The van der Waals surface area contributed by atoms with Gasteiger partial charge in [0.1, 0.15) is 0 Å². The summed E-state index contributed by atoms with van der Waals surface area (Å²) in [4.78, 5) is 0. The van der Waals surface area contributed by atoms with Gasteiger partial charge in [-0.25, -0.2) is 0 Å². The zero-order valence-electron chi connectivity index (χ0n) is 10.8. The summed E-state index contributed by atoms with van der Waals surface area (Å²) in [6.45, 7) is 1.22. The first-order chi connectivity index (χ1) is 8.89. The van der Waals surface area contributed by atoms with E-state index in [0.29, 0.717) is 31.1 Å². The van der Waals surface area contributed by atoms with Gasteiger partial charge in [-0.3, -0.25) is 0 Å². The third-order valence-corrected chi connectivity index (χ3v) is 5.38. The number of rotatable bonds is 4. The van der Waals surface area contributed by atoms with Crippen molar-refractivity contribution >= 4 is 21.8 Å². The van der Waals surface area contributed by atoms with Gasteiger partial charge in [-0.1, -0.05) is 23.7 Å². The third kappa shape index (κ3) is 3.46. The van der Waals surface area contributed by atoms with Crippen molar-refractivity contribution in [2.24, 2.45) is 5.73 Å². The van der Waals surface area contributed by atoms with Gasteiger partial charge in [0.2, 0.25) is 0 Å². The lowest BCUT2D eigenvalue weighted by Gasteiger charge is -2.24. The maximum Gasteiger partial charge on any atom is 0.282 e. The number of hydrogen-bond donors (Lipinski definition) is 1. The molecule has 1 saturated heterocycles. The number of hydrogen-bond acceptors (Lipinski definition) is 3. The Morgan fingerprint density at radius 3 is 2.58 bits per heavy atom. The first kappa shape index (κ1) is 14.7. The Morgan fingerprint density at radius 2 is 2.05 bits per heavy atom. The molecule has 106 valence electrons. The van der Waals surface area contributed by atoms with Crippen LogP contribution in [0, 0.1) is 0 Å². The quantitative estimate of drug-likeness (QED) is 0.904. The lowest BCUT2D eigenvalue weighted by molar-refractivity contribution is 0.389. The van der Waals surface area contributed by atoms with E-state index in [0.717, 1.165) is 5.56 Å². The second-order valence-corrected chi connectivity index (χ2v) is 7.27. The van der Waals surface area contributed by atoms with E-state index >= 15 is 0 Å². The molecular formula is C12H18ClN3O2S. The number of nitrogens with two attached hydrogens (primary N) is 1. The molecule has 2 N–H and O–H groups in total. The predicted molar refractivity (Wildman–Crippen MR) is 76.0 cm³/mol. The summed E-state index contributed by atoms with van der Waals surface area (Å²) in [5.74, 6) is 0. The van der Waals surface area contributed by atoms with Gasteiger partial charge in [0.25, 0.3) is 10.2 Å². The highest BCUT2D eigenvalue weighted by atomic mass is 35.5. The SMILES string of the molecule is CN(Cc1ccc(Cl)cc1)S(=O)(=O)N1CC[C@@H](N)C1. The van der Waals surface area contributed by atoms with E-state index in [1.54, 1.807) is 19.2 Å². The van der Waals surface area contributed by atoms with Crippen LogP contribution in [0.2, 0.25) is 5.02 Å². The number of halogens is 1. The average Bonchev–Trinajstić information content (AvgIpc) is 2.79. The van der Waals surface area contributed by atoms with Gasteiger partial charge in [-0.2, -0.15) is 17.0 Å². The van der Waals surface area contributed by atoms with Crippen molar-refractivity contribution in [2.75, 3.05) is 20.1 Å². The molecule has 0 unspecified atom stereocenters. The fourth-order valence-corrected chi connectivity index (χ4v) is 3.64. The minimum Gasteiger partial charge on any atom is -0.326 e. The highest BCUT2D eigenvalue weighted by Crippen LogP contribution is 2.18. The van der Waals surface area contributed by atoms with Crippen LogP contribution in [0.25, 0.3) is 0 Å². The van der Waals surface area contributed by atoms with Gasteiger partial charge >= 0.3 is 0 Å². The van der Waals surface area contributed by atoms with Gasteiger partial charge in [0, 0.05) is 37.7 Å². The van der Waals surface area contributed by atoms with E-state index in [9.17, 15) is 8.42 Å². The average molecular weight is 304 g/mol. The van der Waals surface area contributed by atoms with E-state index in [1.807, 2.05) is 12.1 Å². The minimum atomic E-state index is -3.43. The molecule has 1 aromatic carbocycles. The summed E-state index contributed by atoms with van der Waals surface area (Å²) in [5, 5.41) is 0.639. The molecule has 1 atom stereocenters. The molecule has 1 aliphatic heterocycles. The zero-order valence-corrected chi connectivity index (χ0v) is 12.4. The van der Waals surface area contributed by atoms with Crippen LogP contribution in [0.15, 0.2) is 24.3 Å². The fraction of sp³-hybridized carbons (Fsp3) is 0.500. The first-order valence-electron chi connectivity index (χ1n) is 6.11. The molecular weight excluding hydrogens is 286 g/mol. The van der Waals surface area contributed by atoms with Gasteiger partial charge in [0.05, 0.1) is 0 Å². The summed E-state index contributed by atoms with van der Waals surface area (Å²) in [6, 6.07) is 7.10. The summed E-state index contributed by atoms with van der Waals surface area (Å²) < 4.78 is 27.4. The molecule has 19 heavy (non-hydrogen) atoms. The topological polar surface area (TPSA) is 66.6 Å². The van der Waals surface area contributed by atoms with E-state index in [-0.39, 0.29) is 6.04 Å². The summed E-state index contributed by atoms with van der Waals surface area (Å²) in [6.07, 6.45) is 0.716. The first-order valence-corrected chi connectivity index (χ1v) is 7.88. The minimum absolute atomic E-state index is 0.0568. The summed E-state index contributed by atoms with van der Waals surface area (Å²) >= 11 is 5.80. The molecule has 1 aromatic rings. The van der Waals surface area contributed by atoms with Crippen molar-refractivity contribution in [3.63, 3.8) is 0 Å². The molecule has 1 fully saturated rings. The van der Waals surface area contributed by atoms with Crippen LogP contribution in [0.4, 0.5) is 0 Å². The Bertz CT molecular complexity index is 532. The number of nitrogens with zero attached hydrogens (tertiary/aromatic N) is 2. The van der Waals surface area contributed by atoms with Gasteiger partial charge in [0.15, 0.2) is 0 Å². The Hall–Kier alpha value is -0.660. The second kappa shape index (κ2) is 5.76. The molecule has 5 nitrogen and oxygen atoms in total. The van der Waals surface area contributed by atoms with E-state index in [1.165, 1.54) is 8.61 Å². The normalized spacial score (nSPS) is 21.2. The van der Waals surface area contributed by atoms with Crippen molar-refractivity contribution in [1.29, 1.82) is 0 Å². The zero-order chi connectivity index (χ0) is 14.0. The van der Waals surface area contributed by atoms with Gasteiger partial charge in [-0.05, 0) is 24.1 Å². The Labute approximate surface area is 119 Å². The van der Waals surface area contributed by atoms with E-state index in [4.69, 9.17) is 17.3 Å². The van der Waals surface area contributed by atoms with Crippen LogP contribution >= 0.6 is 11.6 Å². The fourth-order valence-electron chi connectivity index (χ4n) is 2.09. The highest BCUT2D eigenvalue weighted by Gasteiger charge is 2.32. The Kier molecular flexibility index (Phi) is 4.47. The highest BCUT2D eigenvalue weighted by molar-refractivity contribution is 7.86. The second-order valence-electron chi connectivity index (χ2n) is 4.80. The molecule has 7 heteroatoms. The number of benzene rings is 1. The molecule has 2 rings (SSSR count). The lowest BCUT2D eigenvalue weighted by Crippen LogP contribution is -2.41. The monoisotopic (exact) mass is 303 g/mol. The van der Waals surface area contributed by atoms with Crippen LogP contribution in [0.5, 0.6) is 0 Å². The van der Waals surface area contributed by atoms with Crippen LogP contribution in [0.1, 0.15) is 12.0 Å². The van der Waals surface area contributed by atoms with Crippen molar-refractivity contribution in [3.8, 4) is 0 Å². The van der Waals surface area contributed by atoms with Gasteiger partial charge in [-0.15, -0.1) is 0 Å².